The van der Waals surface area contributed by atoms with Gasteiger partial charge in [0.1, 0.15) is 0 Å². The highest BCUT2D eigenvalue weighted by atomic mass is 14.9. The average molecular weight is 801 g/mol. The summed E-state index contributed by atoms with van der Waals surface area (Å²) in [7, 11) is 0. The number of hydrogen-bond acceptors (Lipinski definition) is 2. The van der Waals surface area contributed by atoms with Gasteiger partial charge in [-0.15, -0.1) is 0 Å². The van der Waals surface area contributed by atoms with Crippen molar-refractivity contribution >= 4 is 21.5 Å². The molecule has 2 nitrogen and oxygen atoms in total. The molecule has 1 aliphatic carbocycles. The first kappa shape index (κ1) is 36.6. The molecule has 10 aromatic carbocycles. The topological polar surface area (TPSA) is 25.8 Å². The van der Waals surface area contributed by atoms with E-state index in [4.69, 9.17) is 9.97 Å². The second-order valence-electron chi connectivity index (χ2n) is 16.4. The first-order valence-corrected chi connectivity index (χ1v) is 21.6. The summed E-state index contributed by atoms with van der Waals surface area (Å²) < 4.78 is 0. The summed E-state index contributed by atoms with van der Waals surface area (Å²) >= 11 is 0. The number of fused-ring (bicyclic) bond motifs is 5. The van der Waals surface area contributed by atoms with Gasteiger partial charge in [-0.1, -0.05) is 231 Å². The summed E-state index contributed by atoms with van der Waals surface area (Å²) in [6, 6.07) is 87.7. The zero-order valence-electron chi connectivity index (χ0n) is 34.5. The van der Waals surface area contributed by atoms with Crippen molar-refractivity contribution in [1.29, 1.82) is 0 Å². The van der Waals surface area contributed by atoms with Crippen molar-refractivity contribution < 1.29 is 0 Å². The van der Waals surface area contributed by atoms with Crippen molar-refractivity contribution in [2.45, 2.75) is 5.41 Å². The molecule has 0 radical (unpaired) electrons. The summed E-state index contributed by atoms with van der Waals surface area (Å²) in [6.07, 6.45) is 0. The van der Waals surface area contributed by atoms with Crippen molar-refractivity contribution in [2.24, 2.45) is 0 Å². The monoisotopic (exact) mass is 800 g/mol. The molecule has 0 saturated carbocycles. The molecule has 0 saturated heterocycles. The molecular weight excluding hydrogens is 761 g/mol. The molecule has 0 fully saturated rings. The van der Waals surface area contributed by atoms with Gasteiger partial charge in [0, 0.05) is 16.7 Å². The van der Waals surface area contributed by atoms with Gasteiger partial charge >= 0.3 is 0 Å². The third-order valence-electron chi connectivity index (χ3n) is 13.0. The smallest absolute Gasteiger partial charge is 0.160 e. The Bertz CT molecular complexity index is 3440. The highest BCUT2D eigenvalue weighted by molar-refractivity contribution is 6.05. The Morgan fingerprint density at radius 2 is 0.778 bits per heavy atom. The molecule has 2 heteroatoms. The molecule has 1 aliphatic rings. The molecule has 0 bridgehead atoms. The van der Waals surface area contributed by atoms with Gasteiger partial charge in [0.2, 0.25) is 0 Å². The molecule has 11 aromatic rings. The molecule has 0 spiro atoms. The number of nitrogens with zero attached hydrogens (tertiary/aromatic N) is 2. The second kappa shape index (κ2) is 15.1. The van der Waals surface area contributed by atoms with Crippen LogP contribution in [-0.4, -0.2) is 9.97 Å². The Hall–Kier alpha value is -8.20. The zero-order valence-corrected chi connectivity index (χ0v) is 34.5. The van der Waals surface area contributed by atoms with Crippen molar-refractivity contribution in [3.8, 4) is 67.3 Å². The van der Waals surface area contributed by atoms with Crippen LogP contribution < -0.4 is 0 Å². The standard InChI is InChI=1S/C61H40N2/c1-4-18-44(19-5-1)60-62-58(43-33-31-42(32-34-43)49-29-16-20-41-17-10-11-25-48(41)49)40-59(63-60)54-37-36-50(51-26-12-13-27-52(51)54)45-35-38-57-55(39-45)53-28-14-15-30-56(53)61(57,46-21-6-2-7-22-46)47-23-8-3-9-24-47/h1-40H. The molecule has 0 amide bonds. The molecule has 0 aliphatic heterocycles. The van der Waals surface area contributed by atoms with E-state index in [9.17, 15) is 0 Å². The van der Waals surface area contributed by atoms with E-state index in [1.807, 2.05) is 18.2 Å². The minimum atomic E-state index is -0.434. The third kappa shape index (κ3) is 6.02. The molecule has 0 N–H and O–H groups in total. The van der Waals surface area contributed by atoms with Gasteiger partial charge in [0.05, 0.1) is 16.8 Å². The van der Waals surface area contributed by atoms with E-state index in [-0.39, 0.29) is 0 Å². The SMILES string of the molecule is c1ccc(-c2nc(-c3ccc(-c4cccc5ccccc45)cc3)cc(-c3ccc(-c4ccc5c(c4)-c4ccccc4C5(c4ccccc4)c4ccccc4)c4ccccc34)n2)cc1. The van der Waals surface area contributed by atoms with Crippen molar-refractivity contribution in [2.75, 3.05) is 0 Å². The Labute approximate surface area is 367 Å². The maximum atomic E-state index is 5.29. The van der Waals surface area contributed by atoms with E-state index in [1.165, 1.54) is 71.8 Å². The third-order valence-corrected chi connectivity index (χ3v) is 13.0. The van der Waals surface area contributed by atoms with Crippen molar-refractivity contribution in [3.63, 3.8) is 0 Å². The fourth-order valence-corrected chi connectivity index (χ4v) is 10.1. The van der Waals surface area contributed by atoms with Crippen LogP contribution in [0.25, 0.3) is 88.8 Å². The number of rotatable bonds is 7. The van der Waals surface area contributed by atoms with E-state index >= 15 is 0 Å². The lowest BCUT2D eigenvalue weighted by molar-refractivity contribution is 0.768. The second-order valence-corrected chi connectivity index (χ2v) is 16.4. The van der Waals surface area contributed by atoms with Gasteiger partial charge < -0.3 is 0 Å². The normalized spacial score (nSPS) is 12.6. The maximum absolute atomic E-state index is 5.29. The first-order chi connectivity index (χ1) is 31.2. The van der Waals surface area contributed by atoms with E-state index in [0.717, 1.165) is 33.5 Å². The average Bonchev–Trinajstić information content (AvgIpc) is 3.67. The lowest BCUT2D eigenvalue weighted by Gasteiger charge is -2.33. The van der Waals surface area contributed by atoms with E-state index in [2.05, 4.69) is 224 Å². The minimum absolute atomic E-state index is 0.434. The van der Waals surface area contributed by atoms with Crippen LogP contribution in [0.4, 0.5) is 0 Å². The fraction of sp³-hybridized carbons (Fsp3) is 0.0164. The lowest BCUT2D eigenvalue weighted by atomic mass is 9.67. The summed E-state index contributed by atoms with van der Waals surface area (Å²) in [6.45, 7) is 0. The zero-order chi connectivity index (χ0) is 41.7. The molecule has 12 rings (SSSR count). The van der Waals surface area contributed by atoms with Gasteiger partial charge in [-0.25, -0.2) is 9.97 Å². The highest BCUT2D eigenvalue weighted by Crippen LogP contribution is 2.57. The van der Waals surface area contributed by atoms with E-state index in [0.29, 0.717) is 5.82 Å². The Balaban J connectivity index is 0.994. The van der Waals surface area contributed by atoms with Crippen LogP contribution >= 0.6 is 0 Å². The van der Waals surface area contributed by atoms with Gasteiger partial charge in [-0.2, -0.15) is 0 Å². The summed E-state index contributed by atoms with van der Waals surface area (Å²) in [4.78, 5) is 10.5. The molecule has 294 valence electrons. The van der Waals surface area contributed by atoms with Crippen LogP contribution in [0.2, 0.25) is 0 Å². The quantitative estimate of drug-likeness (QED) is 0.160. The van der Waals surface area contributed by atoms with Crippen LogP contribution in [0.1, 0.15) is 22.3 Å². The summed E-state index contributed by atoms with van der Waals surface area (Å²) in [5.41, 5.74) is 16.9. The fourth-order valence-electron chi connectivity index (χ4n) is 10.1. The molecule has 63 heavy (non-hydrogen) atoms. The van der Waals surface area contributed by atoms with Crippen LogP contribution in [-0.2, 0) is 5.41 Å². The Morgan fingerprint density at radius 3 is 1.52 bits per heavy atom. The Morgan fingerprint density at radius 1 is 0.270 bits per heavy atom. The van der Waals surface area contributed by atoms with Crippen molar-refractivity contribution in [1.82, 2.24) is 9.97 Å². The maximum Gasteiger partial charge on any atom is 0.160 e. The molecule has 1 aromatic heterocycles. The lowest BCUT2D eigenvalue weighted by Crippen LogP contribution is -2.28. The van der Waals surface area contributed by atoms with E-state index in [1.54, 1.807) is 0 Å². The predicted octanol–water partition coefficient (Wildman–Crippen LogP) is 15.5. The Kier molecular flexibility index (Phi) is 8.76. The predicted molar refractivity (Wildman–Crippen MR) is 262 cm³/mol. The van der Waals surface area contributed by atoms with E-state index < -0.39 is 5.41 Å². The summed E-state index contributed by atoms with van der Waals surface area (Å²) in [5, 5.41) is 4.81. The highest BCUT2D eigenvalue weighted by Gasteiger charge is 2.46. The van der Waals surface area contributed by atoms with Crippen LogP contribution in [0, 0.1) is 0 Å². The number of aromatic nitrogens is 2. The number of benzene rings is 10. The first-order valence-electron chi connectivity index (χ1n) is 21.6. The molecule has 1 heterocycles. The van der Waals surface area contributed by atoms with Crippen molar-refractivity contribution in [3.05, 3.63) is 265 Å². The largest absolute Gasteiger partial charge is 0.228 e. The van der Waals surface area contributed by atoms with Crippen LogP contribution in [0.3, 0.4) is 0 Å². The van der Waals surface area contributed by atoms with Gasteiger partial charge in [0.25, 0.3) is 0 Å². The number of hydrogen-bond donors (Lipinski definition) is 0. The van der Waals surface area contributed by atoms with Gasteiger partial charge in [-0.3, -0.25) is 0 Å². The summed E-state index contributed by atoms with van der Waals surface area (Å²) in [5.74, 6) is 0.701. The molecule has 0 unspecified atom stereocenters. The van der Waals surface area contributed by atoms with Crippen LogP contribution in [0.15, 0.2) is 243 Å². The van der Waals surface area contributed by atoms with Gasteiger partial charge in [-0.05, 0) is 89.3 Å². The van der Waals surface area contributed by atoms with Gasteiger partial charge in [0.15, 0.2) is 5.82 Å². The molecular formula is C61H40N2. The van der Waals surface area contributed by atoms with Crippen LogP contribution in [0.5, 0.6) is 0 Å². The molecule has 0 atom stereocenters. The minimum Gasteiger partial charge on any atom is -0.228 e.